The second kappa shape index (κ2) is 6.01. The van der Waals surface area contributed by atoms with E-state index < -0.39 is 0 Å². The van der Waals surface area contributed by atoms with Gasteiger partial charge in [-0.3, -0.25) is 4.79 Å². The van der Waals surface area contributed by atoms with E-state index in [9.17, 15) is 4.79 Å². The third-order valence-corrected chi connectivity index (χ3v) is 5.15. The van der Waals surface area contributed by atoms with E-state index in [0.717, 1.165) is 24.9 Å². The van der Waals surface area contributed by atoms with Crippen LogP contribution >= 0.6 is 11.3 Å². The number of aromatic nitrogens is 1. The highest BCUT2D eigenvalue weighted by molar-refractivity contribution is 7.10. The van der Waals surface area contributed by atoms with Crippen LogP contribution in [0, 0.1) is 0 Å². The van der Waals surface area contributed by atoms with E-state index in [2.05, 4.69) is 16.6 Å². The second-order valence-electron chi connectivity index (χ2n) is 5.61. The molecule has 3 aromatic rings. The van der Waals surface area contributed by atoms with Crippen LogP contribution < -0.4 is 0 Å². The fourth-order valence-electron chi connectivity index (χ4n) is 3.05. The van der Waals surface area contributed by atoms with Crippen LogP contribution in [0.15, 0.2) is 58.4 Å². The van der Waals surface area contributed by atoms with Crippen molar-refractivity contribution in [1.82, 2.24) is 10.1 Å². The first-order valence-corrected chi connectivity index (χ1v) is 8.57. The summed E-state index contributed by atoms with van der Waals surface area (Å²) in [6.45, 7) is 0.773. The highest BCUT2D eigenvalue weighted by Gasteiger charge is 2.32. The van der Waals surface area contributed by atoms with E-state index >= 15 is 0 Å². The molecule has 0 unspecified atom stereocenters. The molecule has 1 aliphatic heterocycles. The number of thiophene rings is 1. The Morgan fingerprint density at radius 1 is 1.22 bits per heavy atom. The molecule has 5 heteroatoms. The van der Waals surface area contributed by atoms with Crippen LogP contribution in [0.4, 0.5) is 0 Å². The quantitative estimate of drug-likeness (QED) is 0.718. The van der Waals surface area contributed by atoms with Gasteiger partial charge < -0.3 is 9.42 Å². The number of rotatable bonds is 3. The maximum Gasteiger partial charge on any atom is 0.276 e. The van der Waals surface area contributed by atoms with Crippen molar-refractivity contribution >= 4 is 17.2 Å². The zero-order valence-corrected chi connectivity index (χ0v) is 13.3. The lowest BCUT2D eigenvalue weighted by atomic mass is 10.1. The zero-order chi connectivity index (χ0) is 15.6. The standard InChI is InChI=1S/C18H16N2O2S/c21-18(20-10-4-8-15(20)17-9-5-11-23-17)14-12-16(22-19-14)13-6-2-1-3-7-13/h1-3,5-7,9,11-12,15H,4,8,10H2/t15-/m1/s1. The first-order chi connectivity index (χ1) is 11.3. The summed E-state index contributed by atoms with van der Waals surface area (Å²) >= 11 is 1.70. The molecule has 0 spiro atoms. The van der Waals surface area contributed by atoms with E-state index in [0.29, 0.717) is 11.5 Å². The van der Waals surface area contributed by atoms with Gasteiger partial charge in [0.15, 0.2) is 11.5 Å². The molecule has 4 nitrogen and oxygen atoms in total. The molecule has 1 atom stereocenters. The molecule has 4 rings (SSSR count). The Bertz CT molecular complexity index is 796. The fraction of sp³-hybridized carbons (Fsp3) is 0.222. The van der Waals surface area contributed by atoms with Crippen LogP contribution in [-0.2, 0) is 0 Å². The second-order valence-corrected chi connectivity index (χ2v) is 6.59. The van der Waals surface area contributed by atoms with Gasteiger partial charge in [0.1, 0.15) is 0 Å². The van der Waals surface area contributed by atoms with Crippen LogP contribution in [0.25, 0.3) is 11.3 Å². The number of hydrogen-bond acceptors (Lipinski definition) is 4. The molecule has 116 valence electrons. The number of likely N-dealkylation sites (tertiary alicyclic amines) is 1. The maximum absolute atomic E-state index is 12.8. The monoisotopic (exact) mass is 324 g/mol. The number of carbonyl (C=O) groups is 1. The van der Waals surface area contributed by atoms with Gasteiger partial charge in [0.25, 0.3) is 5.91 Å². The Kier molecular flexibility index (Phi) is 3.71. The summed E-state index contributed by atoms with van der Waals surface area (Å²) in [5.41, 5.74) is 1.31. The minimum atomic E-state index is -0.0492. The minimum Gasteiger partial charge on any atom is -0.355 e. The highest BCUT2D eigenvalue weighted by atomic mass is 32.1. The van der Waals surface area contributed by atoms with Gasteiger partial charge in [0, 0.05) is 23.1 Å². The van der Waals surface area contributed by atoms with Gasteiger partial charge >= 0.3 is 0 Å². The normalized spacial score (nSPS) is 17.6. The summed E-state index contributed by atoms with van der Waals surface area (Å²) in [5.74, 6) is 0.577. The molecular weight excluding hydrogens is 308 g/mol. The van der Waals surface area contributed by atoms with Gasteiger partial charge in [-0.05, 0) is 24.3 Å². The van der Waals surface area contributed by atoms with Gasteiger partial charge in [-0.2, -0.15) is 0 Å². The van der Waals surface area contributed by atoms with Crippen molar-refractivity contribution in [2.45, 2.75) is 18.9 Å². The first-order valence-electron chi connectivity index (χ1n) is 7.69. The average molecular weight is 324 g/mol. The summed E-state index contributed by atoms with van der Waals surface area (Å²) in [7, 11) is 0. The molecule has 1 aromatic carbocycles. The third-order valence-electron chi connectivity index (χ3n) is 4.17. The van der Waals surface area contributed by atoms with Crippen LogP contribution in [0.2, 0.25) is 0 Å². The van der Waals surface area contributed by atoms with E-state index in [1.807, 2.05) is 41.3 Å². The lowest BCUT2D eigenvalue weighted by molar-refractivity contribution is 0.0727. The number of hydrogen-bond donors (Lipinski definition) is 0. The van der Waals surface area contributed by atoms with Crippen molar-refractivity contribution < 1.29 is 9.32 Å². The molecule has 1 aliphatic rings. The topological polar surface area (TPSA) is 46.3 Å². The van der Waals surface area contributed by atoms with E-state index in [1.54, 1.807) is 17.4 Å². The van der Waals surface area contributed by atoms with Gasteiger partial charge in [0.2, 0.25) is 0 Å². The number of nitrogens with zero attached hydrogens (tertiary/aromatic N) is 2. The van der Waals surface area contributed by atoms with Crippen molar-refractivity contribution in [3.63, 3.8) is 0 Å². The predicted octanol–water partition coefficient (Wildman–Crippen LogP) is 4.38. The van der Waals surface area contributed by atoms with E-state index in [-0.39, 0.29) is 11.9 Å². The molecule has 0 aliphatic carbocycles. The molecule has 0 N–H and O–H groups in total. The van der Waals surface area contributed by atoms with Gasteiger partial charge in [-0.25, -0.2) is 0 Å². The van der Waals surface area contributed by atoms with Crippen molar-refractivity contribution in [2.24, 2.45) is 0 Å². The van der Waals surface area contributed by atoms with Gasteiger partial charge in [-0.1, -0.05) is 41.6 Å². The fourth-order valence-corrected chi connectivity index (χ4v) is 3.92. The number of benzene rings is 1. The molecule has 1 fully saturated rings. The van der Waals surface area contributed by atoms with E-state index in [1.165, 1.54) is 4.88 Å². The van der Waals surface area contributed by atoms with Crippen LogP contribution in [0.3, 0.4) is 0 Å². The molecule has 0 radical (unpaired) electrons. The van der Waals surface area contributed by atoms with E-state index in [4.69, 9.17) is 4.52 Å². The summed E-state index contributed by atoms with van der Waals surface area (Å²) in [6, 6.07) is 15.7. The van der Waals surface area contributed by atoms with Crippen LogP contribution in [0.5, 0.6) is 0 Å². The molecule has 0 bridgehead atoms. The minimum absolute atomic E-state index is 0.0492. The summed E-state index contributed by atoms with van der Waals surface area (Å²) in [4.78, 5) is 16.0. The van der Waals surface area contributed by atoms with Gasteiger partial charge in [-0.15, -0.1) is 11.3 Å². The molecule has 1 amide bonds. The average Bonchev–Trinajstić information content (AvgIpc) is 3.34. The molecule has 23 heavy (non-hydrogen) atoms. The Hall–Kier alpha value is -2.40. The molecular formula is C18H16N2O2S. The Morgan fingerprint density at radius 3 is 2.87 bits per heavy atom. The molecule has 2 aromatic heterocycles. The Balaban J connectivity index is 1.59. The van der Waals surface area contributed by atoms with Crippen molar-refractivity contribution in [2.75, 3.05) is 6.54 Å². The number of carbonyl (C=O) groups excluding carboxylic acids is 1. The Morgan fingerprint density at radius 2 is 2.09 bits per heavy atom. The lowest BCUT2D eigenvalue weighted by Gasteiger charge is -2.22. The van der Waals surface area contributed by atoms with Crippen LogP contribution in [-0.4, -0.2) is 22.5 Å². The summed E-state index contributed by atoms with van der Waals surface area (Å²) < 4.78 is 5.36. The summed E-state index contributed by atoms with van der Waals surface area (Å²) in [6.07, 6.45) is 2.04. The molecule has 3 heterocycles. The number of amides is 1. The predicted molar refractivity (Wildman–Crippen MR) is 89.3 cm³/mol. The maximum atomic E-state index is 12.8. The highest BCUT2D eigenvalue weighted by Crippen LogP contribution is 2.35. The zero-order valence-electron chi connectivity index (χ0n) is 12.5. The van der Waals surface area contributed by atoms with Crippen LogP contribution in [0.1, 0.15) is 34.2 Å². The SMILES string of the molecule is O=C(c1cc(-c2ccccc2)on1)N1CCC[C@@H]1c1cccs1. The first kappa shape index (κ1) is 14.2. The van der Waals surface area contributed by atoms with Crippen molar-refractivity contribution in [3.05, 3.63) is 64.5 Å². The largest absolute Gasteiger partial charge is 0.355 e. The van der Waals surface area contributed by atoms with Gasteiger partial charge in [0.05, 0.1) is 6.04 Å². The van der Waals surface area contributed by atoms with Crippen molar-refractivity contribution in [1.29, 1.82) is 0 Å². The smallest absolute Gasteiger partial charge is 0.276 e. The third kappa shape index (κ3) is 2.68. The summed E-state index contributed by atoms with van der Waals surface area (Å²) in [5, 5.41) is 6.05. The van der Waals surface area contributed by atoms with Crippen molar-refractivity contribution in [3.8, 4) is 11.3 Å². The molecule has 1 saturated heterocycles. The Labute approximate surface area is 138 Å². The molecule has 0 saturated carbocycles. The lowest BCUT2D eigenvalue weighted by Crippen LogP contribution is -2.30.